The fourth-order valence-corrected chi connectivity index (χ4v) is 1.97. The zero-order chi connectivity index (χ0) is 12.2. The molecule has 0 aliphatic rings. The van der Waals surface area contributed by atoms with Crippen LogP contribution in [0.4, 0.5) is 5.82 Å². The molecule has 0 aromatic carbocycles. The summed E-state index contributed by atoms with van der Waals surface area (Å²) in [6, 6.07) is 1.53. The van der Waals surface area contributed by atoms with Gasteiger partial charge in [-0.05, 0) is 13.1 Å². The van der Waals surface area contributed by atoms with Crippen molar-refractivity contribution in [1.82, 2.24) is 9.71 Å². The van der Waals surface area contributed by atoms with Crippen LogP contribution < -0.4 is 10.0 Å². The molecule has 1 rings (SSSR count). The maximum atomic E-state index is 11.1. The summed E-state index contributed by atoms with van der Waals surface area (Å²) in [6.45, 7) is 0.220. The average molecular weight is 284 g/mol. The van der Waals surface area contributed by atoms with Crippen LogP contribution in [0.25, 0.3) is 0 Å². The van der Waals surface area contributed by atoms with Gasteiger partial charge in [-0.2, -0.15) is 0 Å². The van der Waals surface area contributed by atoms with Gasteiger partial charge in [0.15, 0.2) is 0 Å². The van der Waals surface area contributed by atoms with Crippen LogP contribution in [0.5, 0.6) is 0 Å². The van der Waals surface area contributed by atoms with E-state index in [-0.39, 0.29) is 12.3 Å². The number of halogens is 2. The highest BCUT2D eigenvalue weighted by Gasteiger charge is 2.07. The average Bonchev–Trinajstić information content (AvgIpc) is 2.21. The fraction of sp³-hybridized carbons (Fsp3) is 0.375. The van der Waals surface area contributed by atoms with Crippen LogP contribution in [0.2, 0.25) is 10.0 Å². The molecule has 8 heteroatoms. The molecule has 5 nitrogen and oxygen atoms in total. The van der Waals surface area contributed by atoms with Crippen LogP contribution in [-0.2, 0) is 10.0 Å². The summed E-state index contributed by atoms with van der Waals surface area (Å²) in [6.07, 6.45) is 1.43. The van der Waals surface area contributed by atoms with E-state index in [1.54, 1.807) is 0 Å². The van der Waals surface area contributed by atoms with Gasteiger partial charge >= 0.3 is 0 Å². The van der Waals surface area contributed by atoms with Crippen LogP contribution in [0, 0.1) is 0 Å². The van der Waals surface area contributed by atoms with Crippen molar-refractivity contribution in [3.05, 3.63) is 22.3 Å². The van der Waals surface area contributed by atoms with Gasteiger partial charge in [-0.1, -0.05) is 23.2 Å². The third-order valence-electron chi connectivity index (χ3n) is 1.78. The van der Waals surface area contributed by atoms with Gasteiger partial charge in [0.2, 0.25) is 10.0 Å². The number of pyridine rings is 1. The first-order chi connectivity index (χ1) is 7.44. The van der Waals surface area contributed by atoms with E-state index >= 15 is 0 Å². The zero-order valence-corrected chi connectivity index (χ0v) is 10.8. The number of sulfonamides is 1. The Kier molecular flexibility index (Phi) is 4.79. The molecule has 0 atom stereocenters. The second kappa shape index (κ2) is 5.67. The Morgan fingerprint density at radius 3 is 2.69 bits per heavy atom. The number of nitrogens with zero attached hydrogens (tertiary/aromatic N) is 1. The van der Waals surface area contributed by atoms with Crippen molar-refractivity contribution in [2.45, 2.75) is 0 Å². The first kappa shape index (κ1) is 13.5. The SMILES string of the molecule is CNS(=O)(=O)CCNc1ncc(Cl)cc1Cl. The lowest BCUT2D eigenvalue weighted by molar-refractivity contribution is 0.588. The Morgan fingerprint density at radius 2 is 2.12 bits per heavy atom. The van der Waals surface area contributed by atoms with Crippen molar-refractivity contribution in [2.24, 2.45) is 0 Å². The second-order valence-electron chi connectivity index (χ2n) is 2.93. The summed E-state index contributed by atoms with van der Waals surface area (Å²) in [5, 5.41) is 3.59. The Labute approximate surface area is 104 Å². The maximum Gasteiger partial charge on any atom is 0.213 e. The summed E-state index contributed by atoms with van der Waals surface area (Å²) in [7, 11) is -1.86. The molecule has 1 aromatic heterocycles. The molecular formula is C8H11Cl2N3O2S. The predicted molar refractivity (Wildman–Crippen MR) is 65.6 cm³/mol. The lowest BCUT2D eigenvalue weighted by atomic mass is 10.4. The maximum absolute atomic E-state index is 11.1. The smallest absolute Gasteiger partial charge is 0.213 e. The van der Waals surface area contributed by atoms with Gasteiger partial charge in [-0.3, -0.25) is 0 Å². The zero-order valence-electron chi connectivity index (χ0n) is 8.50. The van der Waals surface area contributed by atoms with Crippen molar-refractivity contribution in [2.75, 3.05) is 24.7 Å². The molecule has 0 bridgehead atoms. The van der Waals surface area contributed by atoms with Gasteiger partial charge in [-0.15, -0.1) is 0 Å². The van der Waals surface area contributed by atoms with Crippen LogP contribution in [0.3, 0.4) is 0 Å². The van der Waals surface area contributed by atoms with E-state index in [0.29, 0.717) is 15.9 Å². The lowest BCUT2D eigenvalue weighted by Crippen LogP contribution is -2.26. The Balaban J connectivity index is 2.56. The highest BCUT2D eigenvalue weighted by Crippen LogP contribution is 2.22. The second-order valence-corrected chi connectivity index (χ2v) is 5.82. The van der Waals surface area contributed by atoms with Crippen molar-refractivity contribution in [3.63, 3.8) is 0 Å². The Bertz CT molecular complexity index is 464. The van der Waals surface area contributed by atoms with Crippen LogP contribution >= 0.6 is 23.2 Å². The molecule has 2 N–H and O–H groups in total. The van der Waals surface area contributed by atoms with Crippen molar-refractivity contribution < 1.29 is 8.42 Å². The van der Waals surface area contributed by atoms with E-state index in [4.69, 9.17) is 23.2 Å². The van der Waals surface area contributed by atoms with Crippen molar-refractivity contribution in [3.8, 4) is 0 Å². The van der Waals surface area contributed by atoms with Gasteiger partial charge in [0, 0.05) is 12.7 Å². The Hall–Kier alpha value is -0.560. The van der Waals surface area contributed by atoms with Gasteiger partial charge in [-0.25, -0.2) is 18.1 Å². The minimum absolute atomic E-state index is 0.0515. The molecule has 0 amide bonds. The van der Waals surface area contributed by atoms with Gasteiger partial charge in [0.25, 0.3) is 0 Å². The van der Waals surface area contributed by atoms with Gasteiger partial charge in [0.1, 0.15) is 5.82 Å². The molecule has 90 valence electrons. The molecule has 0 spiro atoms. The number of aromatic nitrogens is 1. The number of anilines is 1. The summed E-state index contributed by atoms with van der Waals surface area (Å²) < 4.78 is 24.4. The fourth-order valence-electron chi connectivity index (χ4n) is 0.951. The van der Waals surface area contributed by atoms with Gasteiger partial charge < -0.3 is 5.32 Å². The number of hydrogen-bond donors (Lipinski definition) is 2. The monoisotopic (exact) mass is 283 g/mol. The molecule has 0 radical (unpaired) electrons. The lowest BCUT2D eigenvalue weighted by Gasteiger charge is -2.07. The molecule has 1 aromatic rings. The number of rotatable bonds is 5. The summed E-state index contributed by atoms with van der Waals surface area (Å²) in [4.78, 5) is 3.93. The molecule has 1 heterocycles. The molecule has 0 saturated carbocycles. The summed E-state index contributed by atoms with van der Waals surface area (Å²) in [5.74, 6) is 0.363. The van der Waals surface area contributed by atoms with E-state index < -0.39 is 10.0 Å². The first-order valence-corrected chi connectivity index (χ1v) is 6.81. The third-order valence-corrected chi connectivity index (χ3v) is 3.64. The van der Waals surface area contributed by atoms with Gasteiger partial charge in [0.05, 0.1) is 15.8 Å². The largest absolute Gasteiger partial charge is 0.368 e. The van der Waals surface area contributed by atoms with E-state index in [1.807, 2.05) is 0 Å². The molecule has 0 fully saturated rings. The molecule has 0 unspecified atom stereocenters. The standard InChI is InChI=1S/C8H11Cl2N3O2S/c1-11-16(14,15)3-2-12-8-7(10)4-6(9)5-13-8/h4-5,11H,2-3H2,1H3,(H,12,13). The van der Waals surface area contributed by atoms with E-state index in [2.05, 4.69) is 15.0 Å². The topological polar surface area (TPSA) is 71.1 Å². The highest BCUT2D eigenvalue weighted by atomic mass is 35.5. The third kappa shape index (κ3) is 4.13. The summed E-state index contributed by atoms with van der Waals surface area (Å²) >= 11 is 11.5. The minimum atomic E-state index is -3.22. The van der Waals surface area contributed by atoms with Crippen LogP contribution in [0.1, 0.15) is 0 Å². The predicted octanol–water partition coefficient (Wildman–Crippen LogP) is 1.35. The normalized spacial score (nSPS) is 11.4. The highest BCUT2D eigenvalue weighted by molar-refractivity contribution is 7.89. The van der Waals surface area contributed by atoms with Crippen LogP contribution in [0.15, 0.2) is 12.3 Å². The van der Waals surface area contributed by atoms with Crippen LogP contribution in [-0.4, -0.2) is 32.7 Å². The van der Waals surface area contributed by atoms with E-state index in [0.717, 1.165) is 0 Å². The number of nitrogens with one attached hydrogen (secondary N) is 2. The first-order valence-electron chi connectivity index (χ1n) is 4.41. The van der Waals surface area contributed by atoms with Crippen molar-refractivity contribution >= 4 is 39.0 Å². The minimum Gasteiger partial charge on any atom is -0.368 e. The quantitative estimate of drug-likeness (QED) is 0.856. The molecule has 0 aliphatic heterocycles. The molecule has 0 saturated heterocycles. The molecule has 16 heavy (non-hydrogen) atoms. The summed E-state index contributed by atoms with van der Waals surface area (Å²) in [5.41, 5.74) is 0. The molecule has 0 aliphatic carbocycles. The van der Waals surface area contributed by atoms with E-state index in [9.17, 15) is 8.42 Å². The Morgan fingerprint density at radius 1 is 1.44 bits per heavy atom. The van der Waals surface area contributed by atoms with Crippen molar-refractivity contribution in [1.29, 1.82) is 0 Å². The molecular weight excluding hydrogens is 273 g/mol. The number of hydrogen-bond acceptors (Lipinski definition) is 4. The van der Waals surface area contributed by atoms with E-state index in [1.165, 1.54) is 19.3 Å².